The van der Waals surface area contributed by atoms with Crippen molar-refractivity contribution in [2.75, 3.05) is 20.1 Å². The van der Waals surface area contributed by atoms with Crippen LogP contribution >= 0.6 is 0 Å². The Morgan fingerprint density at radius 1 is 1.04 bits per heavy atom. The number of nitrogens with one attached hydrogen (secondary N) is 2. The molecule has 0 unspecified atom stereocenters. The van der Waals surface area contributed by atoms with Crippen LogP contribution in [0.1, 0.15) is 40.7 Å². The number of nitrogens with zero attached hydrogens (tertiary/aromatic N) is 1. The molecule has 2 aromatic rings. The Morgan fingerprint density at radius 3 is 2.37 bits per heavy atom. The predicted molar refractivity (Wildman–Crippen MR) is 103 cm³/mol. The largest absolute Gasteiger partial charge is 0.451 e. The van der Waals surface area contributed by atoms with Crippen LogP contribution in [0.25, 0.3) is 11.3 Å². The van der Waals surface area contributed by atoms with E-state index in [-0.39, 0.29) is 17.9 Å². The van der Waals surface area contributed by atoms with Crippen LogP contribution in [0.3, 0.4) is 0 Å². The molecule has 5 rings (SSSR count). The van der Waals surface area contributed by atoms with E-state index >= 15 is 0 Å². The third-order valence-electron chi connectivity index (χ3n) is 5.96. The first-order chi connectivity index (χ1) is 13.1. The van der Waals surface area contributed by atoms with Crippen molar-refractivity contribution in [3.63, 3.8) is 0 Å². The van der Waals surface area contributed by atoms with Gasteiger partial charge in [0.05, 0.1) is 0 Å². The molecule has 1 aromatic carbocycles. The zero-order valence-electron chi connectivity index (χ0n) is 15.7. The molecule has 0 spiro atoms. The number of hydrogen-bond donors (Lipinski definition) is 2. The van der Waals surface area contributed by atoms with Crippen LogP contribution in [-0.2, 0) is 0 Å². The van der Waals surface area contributed by atoms with Crippen molar-refractivity contribution in [2.45, 2.75) is 31.8 Å². The molecule has 142 valence electrons. The minimum Gasteiger partial charge on any atom is -0.451 e. The lowest BCUT2D eigenvalue weighted by Crippen LogP contribution is -2.62. The van der Waals surface area contributed by atoms with Gasteiger partial charge in [-0.2, -0.15) is 0 Å². The summed E-state index contributed by atoms with van der Waals surface area (Å²) in [4.78, 5) is 26.8. The van der Waals surface area contributed by atoms with E-state index < -0.39 is 0 Å². The Morgan fingerprint density at radius 2 is 1.74 bits per heavy atom. The van der Waals surface area contributed by atoms with E-state index in [1.54, 1.807) is 31.3 Å². The van der Waals surface area contributed by atoms with E-state index in [4.69, 9.17) is 4.42 Å². The molecule has 27 heavy (non-hydrogen) atoms. The van der Waals surface area contributed by atoms with Crippen molar-refractivity contribution in [3.05, 3.63) is 47.7 Å². The van der Waals surface area contributed by atoms with Gasteiger partial charge in [0.2, 0.25) is 0 Å². The topological polar surface area (TPSA) is 74.6 Å². The summed E-state index contributed by atoms with van der Waals surface area (Å²) in [5.41, 5.74) is 1.42. The molecule has 3 fully saturated rings. The molecule has 0 aliphatic carbocycles. The summed E-state index contributed by atoms with van der Waals surface area (Å²) >= 11 is 0. The van der Waals surface area contributed by atoms with Crippen molar-refractivity contribution < 1.29 is 14.0 Å². The molecule has 3 aliphatic rings. The van der Waals surface area contributed by atoms with Crippen LogP contribution in [0, 0.1) is 5.92 Å². The maximum atomic E-state index is 12.7. The molecule has 6 nitrogen and oxygen atoms in total. The fourth-order valence-electron chi connectivity index (χ4n) is 4.31. The molecule has 6 heteroatoms. The Balaban J connectivity index is 1.46. The Bertz CT molecular complexity index is 833. The van der Waals surface area contributed by atoms with Gasteiger partial charge in [0.25, 0.3) is 11.8 Å². The summed E-state index contributed by atoms with van der Waals surface area (Å²) in [6.45, 7) is 4.46. The highest BCUT2D eigenvalue weighted by molar-refractivity contribution is 5.94. The quantitative estimate of drug-likeness (QED) is 0.871. The summed E-state index contributed by atoms with van der Waals surface area (Å²) in [5.74, 6) is 1.21. The first-order valence-electron chi connectivity index (χ1n) is 9.54. The highest BCUT2D eigenvalue weighted by atomic mass is 16.3. The fourth-order valence-corrected chi connectivity index (χ4v) is 4.31. The van der Waals surface area contributed by atoms with Gasteiger partial charge >= 0.3 is 0 Å². The average Bonchev–Trinajstić information content (AvgIpc) is 3.21. The second kappa shape index (κ2) is 7.19. The van der Waals surface area contributed by atoms with E-state index in [9.17, 15) is 9.59 Å². The molecule has 0 saturated carbocycles. The normalized spacial score (nSPS) is 26.6. The zero-order valence-corrected chi connectivity index (χ0v) is 15.7. The molecule has 3 saturated heterocycles. The monoisotopic (exact) mass is 367 g/mol. The van der Waals surface area contributed by atoms with Gasteiger partial charge in [-0.3, -0.25) is 14.5 Å². The molecular formula is C21H25N3O3. The maximum Gasteiger partial charge on any atom is 0.287 e. The van der Waals surface area contributed by atoms with Crippen molar-refractivity contribution >= 4 is 11.8 Å². The van der Waals surface area contributed by atoms with Crippen molar-refractivity contribution in [2.24, 2.45) is 5.92 Å². The Hall–Kier alpha value is -2.60. The number of piperidine rings is 3. The molecule has 2 amide bonds. The summed E-state index contributed by atoms with van der Waals surface area (Å²) in [5, 5.41) is 5.78. The summed E-state index contributed by atoms with van der Waals surface area (Å²) in [6.07, 6.45) is 2.30. The van der Waals surface area contributed by atoms with Gasteiger partial charge < -0.3 is 15.1 Å². The third kappa shape index (κ3) is 3.37. The maximum absolute atomic E-state index is 12.7. The number of rotatable bonds is 4. The third-order valence-corrected chi connectivity index (χ3v) is 5.96. The summed E-state index contributed by atoms with van der Waals surface area (Å²) < 4.78 is 5.79. The molecule has 1 aromatic heterocycles. The minimum atomic E-state index is -0.158. The summed E-state index contributed by atoms with van der Waals surface area (Å²) in [7, 11) is 1.60. The van der Waals surface area contributed by atoms with Crippen LogP contribution in [0.5, 0.6) is 0 Å². The Labute approximate surface area is 158 Å². The van der Waals surface area contributed by atoms with Crippen LogP contribution in [0.4, 0.5) is 0 Å². The van der Waals surface area contributed by atoms with E-state index in [1.165, 1.54) is 0 Å². The predicted octanol–water partition coefficient (Wildman–Crippen LogP) is 2.52. The number of carbonyl (C=O) groups excluding carboxylic acids is 2. The van der Waals surface area contributed by atoms with Crippen molar-refractivity contribution in [3.8, 4) is 11.3 Å². The van der Waals surface area contributed by atoms with Crippen molar-refractivity contribution in [1.82, 2.24) is 15.5 Å². The number of amides is 2. The fraction of sp³-hybridized carbons (Fsp3) is 0.429. The number of fused-ring (bicyclic) bond motifs is 3. The van der Waals surface area contributed by atoms with Crippen LogP contribution in [0.2, 0.25) is 0 Å². The van der Waals surface area contributed by atoms with Gasteiger partial charge in [0, 0.05) is 30.3 Å². The molecular weight excluding hydrogens is 342 g/mol. The van der Waals surface area contributed by atoms with Crippen molar-refractivity contribution in [1.29, 1.82) is 0 Å². The Kier molecular flexibility index (Phi) is 4.74. The molecule has 4 heterocycles. The first kappa shape index (κ1) is 17.8. The van der Waals surface area contributed by atoms with Gasteiger partial charge in [-0.15, -0.1) is 0 Å². The average molecular weight is 367 g/mol. The van der Waals surface area contributed by atoms with E-state index in [0.29, 0.717) is 29.0 Å². The highest BCUT2D eigenvalue weighted by Crippen LogP contribution is 2.32. The lowest BCUT2D eigenvalue weighted by atomic mass is 9.79. The van der Waals surface area contributed by atoms with Crippen LogP contribution in [-0.4, -0.2) is 48.9 Å². The van der Waals surface area contributed by atoms with E-state index in [2.05, 4.69) is 22.5 Å². The molecule has 3 aliphatic heterocycles. The summed E-state index contributed by atoms with van der Waals surface area (Å²) in [6, 6.07) is 11.2. The van der Waals surface area contributed by atoms with Gasteiger partial charge in [0.1, 0.15) is 5.76 Å². The number of benzene rings is 1. The SMILES string of the molecule is CNC(=O)c1ccc(-c2ccc(C(=O)N[C@@H]3C4CCN(CC4)[C@@H]3C)o2)cc1. The second-order valence-electron chi connectivity index (χ2n) is 7.43. The van der Waals surface area contributed by atoms with Crippen LogP contribution in [0.15, 0.2) is 40.8 Å². The number of furan rings is 1. The minimum absolute atomic E-state index is 0.132. The number of hydrogen-bond acceptors (Lipinski definition) is 4. The van der Waals surface area contributed by atoms with Gasteiger partial charge in [0.15, 0.2) is 5.76 Å². The lowest BCUT2D eigenvalue weighted by molar-refractivity contribution is 0.0211. The van der Waals surface area contributed by atoms with Crippen LogP contribution < -0.4 is 10.6 Å². The van der Waals surface area contributed by atoms with Gasteiger partial charge in [-0.25, -0.2) is 0 Å². The second-order valence-corrected chi connectivity index (χ2v) is 7.43. The zero-order chi connectivity index (χ0) is 19.0. The standard InChI is InChI=1S/C21H25N3O3/c1-13-19(15-9-11-24(13)12-10-15)23-21(26)18-8-7-17(27-18)14-3-5-16(6-4-14)20(25)22-2/h3-8,13,15,19H,9-12H2,1-2H3,(H,22,25)(H,23,26)/t13-,19+/m1/s1. The first-order valence-corrected chi connectivity index (χ1v) is 9.54. The highest BCUT2D eigenvalue weighted by Gasteiger charge is 2.40. The smallest absolute Gasteiger partial charge is 0.287 e. The molecule has 2 bridgehead atoms. The molecule has 0 radical (unpaired) electrons. The van der Waals surface area contributed by atoms with Gasteiger partial charge in [-0.05, 0) is 63.0 Å². The molecule has 2 atom stereocenters. The van der Waals surface area contributed by atoms with E-state index in [1.807, 2.05) is 12.1 Å². The molecule has 2 N–H and O–H groups in total. The lowest BCUT2D eigenvalue weighted by Gasteiger charge is -2.49. The van der Waals surface area contributed by atoms with E-state index in [0.717, 1.165) is 31.5 Å². The number of carbonyl (C=O) groups is 2. The van der Waals surface area contributed by atoms with Gasteiger partial charge in [-0.1, -0.05) is 12.1 Å².